The van der Waals surface area contributed by atoms with E-state index in [1.807, 2.05) is 12.1 Å². The van der Waals surface area contributed by atoms with Gasteiger partial charge >= 0.3 is 0 Å². The molecule has 0 saturated carbocycles. The molecule has 3 heteroatoms. The molecule has 2 aromatic rings. The van der Waals surface area contributed by atoms with Gasteiger partial charge in [0.05, 0.1) is 6.20 Å². The van der Waals surface area contributed by atoms with Gasteiger partial charge in [-0.2, -0.15) is 0 Å². The molecule has 0 saturated heterocycles. The first-order valence-electron chi connectivity index (χ1n) is 5.85. The molecule has 2 rings (SSSR count). The maximum Gasteiger partial charge on any atom is 0.146 e. The normalized spacial score (nSPS) is 10.4. The van der Waals surface area contributed by atoms with E-state index in [0.717, 1.165) is 22.6 Å². The van der Waals surface area contributed by atoms with Crippen LogP contribution in [0.1, 0.15) is 22.3 Å². The van der Waals surface area contributed by atoms with Crippen molar-refractivity contribution in [2.75, 3.05) is 0 Å². The second kappa shape index (κ2) is 5.40. The van der Waals surface area contributed by atoms with Crippen molar-refractivity contribution in [2.24, 2.45) is 0 Å². The summed E-state index contributed by atoms with van der Waals surface area (Å²) < 4.78 is 5.89. The maximum atomic E-state index is 5.89. The highest BCUT2D eigenvalue weighted by molar-refractivity contribution is 6.17. The minimum absolute atomic E-state index is 0.441. The zero-order valence-electron chi connectivity index (χ0n) is 10.8. The van der Waals surface area contributed by atoms with Crippen molar-refractivity contribution in [1.29, 1.82) is 0 Å². The molecule has 0 amide bonds. The summed E-state index contributed by atoms with van der Waals surface area (Å²) in [6, 6.07) is 6.10. The van der Waals surface area contributed by atoms with E-state index in [2.05, 4.69) is 31.8 Å². The molecule has 0 aliphatic carbocycles. The summed E-state index contributed by atoms with van der Waals surface area (Å²) in [7, 11) is 0. The Balaban J connectivity index is 2.33. The third-order valence-electron chi connectivity index (χ3n) is 2.92. The van der Waals surface area contributed by atoms with Crippen molar-refractivity contribution < 1.29 is 4.74 Å². The second-order valence-electron chi connectivity index (χ2n) is 4.47. The molecular weight excluding hydrogens is 246 g/mol. The van der Waals surface area contributed by atoms with Crippen LogP contribution in [0.3, 0.4) is 0 Å². The molecule has 0 atom stereocenters. The molecule has 0 fully saturated rings. The van der Waals surface area contributed by atoms with Gasteiger partial charge in [0, 0.05) is 12.1 Å². The lowest BCUT2D eigenvalue weighted by atomic mass is 10.1. The first-order valence-corrected chi connectivity index (χ1v) is 6.39. The molecule has 1 aromatic heterocycles. The SMILES string of the molecule is Cc1cc(C)c(C)c(Oc2cncc(CCl)c2)c1. The van der Waals surface area contributed by atoms with Crippen molar-refractivity contribution in [1.82, 2.24) is 4.98 Å². The van der Waals surface area contributed by atoms with E-state index in [1.54, 1.807) is 12.4 Å². The molecule has 0 aliphatic heterocycles. The van der Waals surface area contributed by atoms with Gasteiger partial charge < -0.3 is 4.74 Å². The van der Waals surface area contributed by atoms with E-state index >= 15 is 0 Å². The van der Waals surface area contributed by atoms with Crippen molar-refractivity contribution >= 4 is 11.6 Å². The topological polar surface area (TPSA) is 22.1 Å². The third-order valence-corrected chi connectivity index (χ3v) is 3.22. The monoisotopic (exact) mass is 261 g/mol. The zero-order chi connectivity index (χ0) is 13.1. The third kappa shape index (κ3) is 2.82. The standard InChI is InChI=1S/C15H16ClNO/c1-10-4-11(2)12(3)15(5-10)18-14-6-13(7-16)8-17-9-14/h4-6,8-9H,7H2,1-3H3. The molecule has 0 bridgehead atoms. The van der Waals surface area contributed by atoms with Crippen molar-refractivity contribution in [2.45, 2.75) is 26.7 Å². The molecule has 0 N–H and O–H groups in total. The molecule has 0 spiro atoms. The van der Waals surface area contributed by atoms with Gasteiger partial charge in [0.25, 0.3) is 0 Å². The Morgan fingerprint density at radius 3 is 2.61 bits per heavy atom. The smallest absolute Gasteiger partial charge is 0.146 e. The Kier molecular flexibility index (Phi) is 3.87. The molecule has 0 aliphatic rings. The van der Waals surface area contributed by atoms with Crippen LogP contribution >= 0.6 is 11.6 Å². The van der Waals surface area contributed by atoms with Crippen LogP contribution in [0.25, 0.3) is 0 Å². The molecule has 1 aromatic carbocycles. The highest BCUT2D eigenvalue weighted by Gasteiger charge is 2.06. The van der Waals surface area contributed by atoms with Gasteiger partial charge in [-0.15, -0.1) is 11.6 Å². The Morgan fingerprint density at radius 1 is 1.11 bits per heavy atom. The number of hydrogen-bond donors (Lipinski definition) is 0. The lowest BCUT2D eigenvalue weighted by Gasteiger charge is -2.12. The lowest BCUT2D eigenvalue weighted by Crippen LogP contribution is -1.93. The number of benzene rings is 1. The van der Waals surface area contributed by atoms with Gasteiger partial charge in [-0.3, -0.25) is 4.98 Å². The number of pyridine rings is 1. The van der Waals surface area contributed by atoms with E-state index < -0.39 is 0 Å². The summed E-state index contributed by atoms with van der Waals surface area (Å²) in [5.74, 6) is 2.04. The molecule has 1 heterocycles. The van der Waals surface area contributed by atoms with Crippen LogP contribution in [0.2, 0.25) is 0 Å². The Morgan fingerprint density at radius 2 is 1.89 bits per heavy atom. The fourth-order valence-electron chi connectivity index (χ4n) is 1.83. The van der Waals surface area contributed by atoms with Gasteiger partial charge in [-0.25, -0.2) is 0 Å². The van der Waals surface area contributed by atoms with Crippen LogP contribution < -0.4 is 4.74 Å². The number of rotatable bonds is 3. The van der Waals surface area contributed by atoms with E-state index in [4.69, 9.17) is 16.3 Å². The zero-order valence-corrected chi connectivity index (χ0v) is 11.6. The van der Waals surface area contributed by atoms with Crippen LogP contribution in [-0.4, -0.2) is 4.98 Å². The average Bonchev–Trinajstić information content (AvgIpc) is 2.35. The highest BCUT2D eigenvalue weighted by Crippen LogP contribution is 2.28. The molecule has 94 valence electrons. The number of aryl methyl sites for hydroxylation is 2. The second-order valence-corrected chi connectivity index (χ2v) is 4.74. The van der Waals surface area contributed by atoms with Crippen LogP contribution in [0.15, 0.2) is 30.6 Å². The first kappa shape index (κ1) is 12.9. The number of alkyl halides is 1. The van der Waals surface area contributed by atoms with E-state index in [0.29, 0.717) is 5.88 Å². The van der Waals surface area contributed by atoms with Crippen molar-refractivity contribution in [3.63, 3.8) is 0 Å². The average molecular weight is 262 g/mol. The Hall–Kier alpha value is -1.54. The number of aromatic nitrogens is 1. The lowest BCUT2D eigenvalue weighted by molar-refractivity contribution is 0.475. The quantitative estimate of drug-likeness (QED) is 0.757. The fourth-order valence-corrected chi connectivity index (χ4v) is 1.97. The van der Waals surface area contributed by atoms with Gasteiger partial charge in [0.15, 0.2) is 0 Å². The minimum Gasteiger partial charge on any atom is -0.455 e. The van der Waals surface area contributed by atoms with Gasteiger partial charge in [0.1, 0.15) is 11.5 Å². The van der Waals surface area contributed by atoms with E-state index in [-0.39, 0.29) is 0 Å². The highest BCUT2D eigenvalue weighted by atomic mass is 35.5. The van der Waals surface area contributed by atoms with Crippen molar-refractivity contribution in [3.05, 3.63) is 52.8 Å². The van der Waals surface area contributed by atoms with Gasteiger partial charge in [-0.1, -0.05) is 6.07 Å². The van der Waals surface area contributed by atoms with Crippen LogP contribution in [-0.2, 0) is 5.88 Å². The summed E-state index contributed by atoms with van der Waals surface area (Å²) in [6.07, 6.45) is 3.45. The predicted octanol–water partition coefficient (Wildman–Crippen LogP) is 4.54. The Labute approximate surface area is 113 Å². The summed E-state index contributed by atoms with van der Waals surface area (Å²) in [6.45, 7) is 6.21. The Bertz CT molecular complexity index is 566. The van der Waals surface area contributed by atoms with Crippen LogP contribution in [0.5, 0.6) is 11.5 Å². The summed E-state index contributed by atoms with van der Waals surface area (Å²) in [4.78, 5) is 4.12. The predicted molar refractivity (Wildman–Crippen MR) is 74.5 cm³/mol. The molecular formula is C15H16ClNO. The molecule has 0 radical (unpaired) electrons. The minimum atomic E-state index is 0.441. The van der Waals surface area contributed by atoms with Gasteiger partial charge in [0.2, 0.25) is 0 Å². The van der Waals surface area contributed by atoms with E-state index in [1.165, 1.54) is 11.1 Å². The van der Waals surface area contributed by atoms with Crippen LogP contribution in [0, 0.1) is 20.8 Å². The first-order chi connectivity index (χ1) is 8.60. The largest absolute Gasteiger partial charge is 0.455 e. The number of ether oxygens (including phenoxy) is 1. The molecule has 18 heavy (non-hydrogen) atoms. The molecule has 0 unspecified atom stereocenters. The summed E-state index contributed by atoms with van der Waals surface area (Å²) >= 11 is 5.79. The maximum absolute atomic E-state index is 5.89. The fraction of sp³-hybridized carbons (Fsp3) is 0.267. The summed E-state index contributed by atoms with van der Waals surface area (Å²) in [5.41, 5.74) is 4.52. The number of nitrogens with zero attached hydrogens (tertiary/aromatic N) is 1. The summed E-state index contributed by atoms with van der Waals surface area (Å²) in [5, 5.41) is 0. The van der Waals surface area contributed by atoms with Crippen molar-refractivity contribution in [3.8, 4) is 11.5 Å². The number of halogens is 1. The van der Waals surface area contributed by atoms with E-state index in [9.17, 15) is 0 Å². The number of hydrogen-bond acceptors (Lipinski definition) is 2. The van der Waals surface area contributed by atoms with Crippen LogP contribution in [0.4, 0.5) is 0 Å². The van der Waals surface area contributed by atoms with Gasteiger partial charge in [-0.05, 0) is 55.2 Å². The molecule has 2 nitrogen and oxygen atoms in total.